The number of carbonyl (C=O) groups excluding carboxylic acids is 1. The van der Waals surface area contributed by atoms with Crippen LogP contribution in [0.5, 0.6) is 0 Å². The molecule has 1 N–H and O–H groups in total. The summed E-state index contributed by atoms with van der Waals surface area (Å²) in [4.78, 5) is 20.2. The molecule has 1 aromatic carbocycles. The fraction of sp³-hybridized carbons (Fsp3) is 0.267. The highest BCUT2D eigenvalue weighted by molar-refractivity contribution is 5.94. The molecule has 0 fully saturated rings. The zero-order valence-corrected chi connectivity index (χ0v) is 11.3. The lowest BCUT2D eigenvalue weighted by Gasteiger charge is -2.17. The predicted molar refractivity (Wildman–Crippen MR) is 75.6 cm³/mol. The largest absolute Gasteiger partial charge is 0.326 e. The third-order valence-electron chi connectivity index (χ3n) is 2.65. The van der Waals surface area contributed by atoms with E-state index in [0.29, 0.717) is 5.82 Å². The number of nitrogens with one attached hydrogen (secondary N) is 1. The predicted octanol–water partition coefficient (Wildman–Crippen LogP) is 3.13. The van der Waals surface area contributed by atoms with Crippen molar-refractivity contribution in [2.24, 2.45) is 5.41 Å². The molecular formula is C15H17N3O. The molecule has 2 rings (SSSR count). The van der Waals surface area contributed by atoms with Crippen molar-refractivity contribution in [1.29, 1.82) is 0 Å². The number of benzene rings is 1. The Kier molecular flexibility index (Phi) is 3.60. The minimum absolute atomic E-state index is 0.00351. The highest BCUT2D eigenvalue weighted by Crippen LogP contribution is 2.20. The van der Waals surface area contributed by atoms with E-state index < -0.39 is 5.41 Å². The number of hydrogen-bond acceptors (Lipinski definition) is 3. The van der Waals surface area contributed by atoms with Crippen LogP contribution in [-0.4, -0.2) is 15.9 Å². The van der Waals surface area contributed by atoms with Crippen LogP contribution in [0.25, 0.3) is 11.4 Å². The van der Waals surface area contributed by atoms with Gasteiger partial charge in [-0.1, -0.05) is 20.8 Å². The van der Waals surface area contributed by atoms with Gasteiger partial charge in [0.1, 0.15) is 0 Å². The van der Waals surface area contributed by atoms with Gasteiger partial charge in [0.15, 0.2) is 5.82 Å². The minimum Gasteiger partial charge on any atom is -0.326 e. The molecule has 1 amide bonds. The zero-order valence-electron chi connectivity index (χ0n) is 11.3. The Balaban J connectivity index is 2.14. The van der Waals surface area contributed by atoms with Crippen LogP contribution in [-0.2, 0) is 4.79 Å². The van der Waals surface area contributed by atoms with Crippen molar-refractivity contribution in [3.05, 3.63) is 42.7 Å². The van der Waals surface area contributed by atoms with E-state index >= 15 is 0 Å². The molecule has 0 aliphatic carbocycles. The molecule has 98 valence electrons. The second-order valence-electron chi connectivity index (χ2n) is 5.35. The fourth-order valence-electron chi connectivity index (χ4n) is 1.47. The van der Waals surface area contributed by atoms with E-state index in [4.69, 9.17) is 0 Å². The average molecular weight is 255 g/mol. The topological polar surface area (TPSA) is 54.9 Å². The number of carbonyl (C=O) groups is 1. The van der Waals surface area contributed by atoms with Crippen molar-refractivity contribution in [2.75, 3.05) is 5.32 Å². The molecule has 0 bridgehead atoms. The summed E-state index contributed by atoms with van der Waals surface area (Å²) < 4.78 is 0. The van der Waals surface area contributed by atoms with Gasteiger partial charge in [-0.3, -0.25) is 4.79 Å². The third-order valence-corrected chi connectivity index (χ3v) is 2.65. The molecule has 0 spiro atoms. The number of aromatic nitrogens is 2. The SMILES string of the molecule is CC(C)(C)C(=O)Nc1ccc(-c2ncccn2)cc1. The summed E-state index contributed by atoms with van der Waals surface area (Å²) in [5.41, 5.74) is 1.30. The lowest BCUT2D eigenvalue weighted by atomic mass is 9.95. The fourth-order valence-corrected chi connectivity index (χ4v) is 1.47. The Hall–Kier alpha value is -2.23. The Morgan fingerprint density at radius 3 is 2.16 bits per heavy atom. The van der Waals surface area contributed by atoms with Crippen LogP contribution in [0.3, 0.4) is 0 Å². The van der Waals surface area contributed by atoms with Crippen LogP contribution in [0.4, 0.5) is 5.69 Å². The van der Waals surface area contributed by atoms with Crippen molar-refractivity contribution >= 4 is 11.6 Å². The van der Waals surface area contributed by atoms with Crippen LogP contribution in [0.15, 0.2) is 42.7 Å². The van der Waals surface area contributed by atoms with Crippen LogP contribution in [0.2, 0.25) is 0 Å². The van der Waals surface area contributed by atoms with E-state index in [2.05, 4.69) is 15.3 Å². The second-order valence-corrected chi connectivity index (χ2v) is 5.35. The number of amides is 1. The molecule has 1 aromatic heterocycles. The molecule has 0 unspecified atom stereocenters. The average Bonchev–Trinajstić information content (AvgIpc) is 2.39. The summed E-state index contributed by atoms with van der Waals surface area (Å²) >= 11 is 0. The van der Waals surface area contributed by atoms with Gasteiger partial charge < -0.3 is 5.32 Å². The Labute approximate surface area is 112 Å². The Bertz CT molecular complexity index is 556. The third kappa shape index (κ3) is 3.37. The van der Waals surface area contributed by atoms with Gasteiger partial charge in [0, 0.05) is 29.1 Å². The first-order chi connectivity index (χ1) is 8.97. The Morgan fingerprint density at radius 1 is 1.05 bits per heavy atom. The van der Waals surface area contributed by atoms with Crippen molar-refractivity contribution in [3.8, 4) is 11.4 Å². The standard InChI is InChI=1S/C15H17N3O/c1-15(2,3)14(19)18-12-7-5-11(6-8-12)13-16-9-4-10-17-13/h4-10H,1-3H3,(H,18,19). The van der Waals surface area contributed by atoms with E-state index in [1.807, 2.05) is 45.0 Å². The first kappa shape index (κ1) is 13.2. The van der Waals surface area contributed by atoms with Crippen molar-refractivity contribution < 1.29 is 4.79 Å². The van der Waals surface area contributed by atoms with Crippen LogP contribution >= 0.6 is 0 Å². The second kappa shape index (κ2) is 5.18. The molecule has 2 aromatic rings. The molecule has 19 heavy (non-hydrogen) atoms. The Morgan fingerprint density at radius 2 is 1.63 bits per heavy atom. The normalized spacial score (nSPS) is 11.1. The van der Waals surface area contributed by atoms with Gasteiger partial charge >= 0.3 is 0 Å². The summed E-state index contributed by atoms with van der Waals surface area (Å²) in [7, 11) is 0. The molecule has 1 heterocycles. The first-order valence-electron chi connectivity index (χ1n) is 6.16. The molecule has 0 atom stereocenters. The molecule has 0 aliphatic rings. The van der Waals surface area contributed by atoms with E-state index in [0.717, 1.165) is 11.3 Å². The molecule has 4 nitrogen and oxygen atoms in total. The van der Waals surface area contributed by atoms with Gasteiger partial charge in [-0.25, -0.2) is 9.97 Å². The smallest absolute Gasteiger partial charge is 0.229 e. The zero-order chi connectivity index (χ0) is 13.9. The van der Waals surface area contributed by atoms with E-state index in [9.17, 15) is 4.79 Å². The lowest BCUT2D eigenvalue weighted by molar-refractivity contribution is -0.123. The first-order valence-corrected chi connectivity index (χ1v) is 6.16. The summed E-state index contributed by atoms with van der Waals surface area (Å²) in [6.45, 7) is 5.65. The van der Waals surface area contributed by atoms with Crippen molar-refractivity contribution in [2.45, 2.75) is 20.8 Å². The van der Waals surface area contributed by atoms with Gasteiger partial charge in [0.05, 0.1) is 0 Å². The van der Waals surface area contributed by atoms with Crippen molar-refractivity contribution in [1.82, 2.24) is 9.97 Å². The molecule has 0 saturated heterocycles. The molecule has 0 aliphatic heterocycles. The monoisotopic (exact) mass is 255 g/mol. The highest BCUT2D eigenvalue weighted by Gasteiger charge is 2.20. The van der Waals surface area contributed by atoms with Gasteiger partial charge in [0.25, 0.3) is 0 Å². The molecule has 0 saturated carbocycles. The quantitative estimate of drug-likeness (QED) is 0.897. The van der Waals surface area contributed by atoms with E-state index in [1.165, 1.54) is 0 Å². The number of anilines is 1. The summed E-state index contributed by atoms with van der Waals surface area (Å²) in [5.74, 6) is 0.674. The number of rotatable bonds is 2. The maximum atomic E-state index is 11.9. The number of nitrogens with zero attached hydrogens (tertiary/aromatic N) is 2. The number of hydrogen-bond donors (Lipinski definition) is 1. The highest BCUT2D eigenvalue weighted by atomic mass is 16.2. The van der Waals surface area contributed by atoms with Crippen LogP contribution < -0.4 is 5.32 Å². The van der Waals surface area contributed by atoms with E-state index in [-0.39, 0.29) is 5.91 Å². The van der Waals surface area contributed by atoms with Crippen molar-refractivity contribution in [3.63, 3.8) is 0 Å². The minimum atomic E-state index is -0.402. The van der Waals surface area contributed by atoms with Gasteiger partial charge in [-0.2, -0.15) is 0 Å². The summed E-state index contributed by atoms with van der Waals surface area (Å²) in [5, 5.41) is 2.88. The van der Waals surface area contributed by atoms with Gasteiger partial charge in [-0.15, -0.1) is 0 Å². The van der Waals surface area contributed by atoms with Gasteiger partial charge in [-0.05, 0) is 30.3 Å². The summed E-state index contributed by atoms with van der Waals surface area (Å²) in [6.07, 6.45) is 3.41. The van der Waals surface area contributed by atoms with Crippen LogP contribution in [0, 0.1) is 5.41 Å². The maximum absolute atomic E-state index is 11.9. The molecular weight excluding hydrogens is 238 g/mol. The molecule has 4 heteroatoms. The molecule has 0 radical (unpaired) electrons. The maximum Gasteiger partial charge on any atom is 0.229 e. The van der Waals surface area contributed by atoms with E-state index in [1.54, 1.807) is 18.5 Å². The van der Waals surface area contributed by atoms with Gasteiger partial charge in [0.2, 0.25) is 5.91 Å². The van der Waals surface area contributed by atoms with Crippen LogP contribution in [0.1, 0.15) is 20.8 Å². The summed E-state index contributed by atoms with van der Waals surface area (Å²) in [6, 6.07) is 9.29. The lowest BCUT2D eigenvalue weighted by Crippen LogP contribution is -2.27.